The predicted octanol–water partition coefficient (Wildman–Crippen LogP) is 4.94. The van der Waals surface area contributed by atoms with Crippen LogP contribution in [0.3, 0.4) is 0 Å². The van der Waals surface area contributed by atoms with Crippen molar-refractivity contribution in [3.63, 3.8) is 0 Å². The number of carbonyl (C=O) groups is 1. The van der Waals surface area contributed by atoms with Gasteiger partial charge in [-0.05, 0) is 44.9 Å². The van der Waals surface area contributed by atoms with Gasteiger partial charge in [0.1, 0.15) is 17.2 Å². The molecule has 0 spiro atoms. The van der Waals surface area contributed by atoms with Crippen LogP contribution in [0.5, 0.6) is 0 Å². The van der Waals surface area contributed by atoms with E-state index in [2.05, 4.69) is 20.9 Å². The van der Waals surface area contributed by atoms with Crippen LogP contribution < -0.4 is 5.32 Å². The van der Waals surface area contributed by atoms with E-state index in [1.54, 1.807) is 0 Å². The van der Waals surface area contributed by atoms with E-state index >= 15 is 0 Å². The second kappa shape index (κ2) is 8.04. The molecule has 1 aliphatic rings. The molecule has 0 unspecified atom stereocenters. The van der Waals surface area contributed by atoms with Crippen molar-refractivity contribution in [2.24, 2.45) is 0 Å². The normalized spacial score (nSPS) is 16.3. The number of nitrogens with zero attached hydrogens (tertiary/aromatic N) is 2. The van der Waals surface area contributed by atoms with E-state index in [0.717, 1.165) is 55.1 Å². The maximum atomic E-state index is 13.8. The molecule has 2 aromatic heterocycles. The molecule has 0 bridgehead atoms. The molecule has 1 fully saturated rings. The van der Waals surface area contributed by atoms with Crippen molar-refractivity contribution in [1.29, 1.82) is 0 Å². The number of hydrogen-bond acceptors (Lipinski definition) is 4. The Bertz CT molecular complexity index is 1030. The molecule has 5 nitrogen and oxygen atoms in total. The summed E-state index contributed by atoms with van der Waals surface area (Å²) in [5.74, 6) is -2.67. The van der Waals surface area contributed by atoms with Crippen molar-refractivity contribution >= 4 is 22.4 Å². The minimum absolute atomic E-state index is 0.230. The highest BCUT2D eigenvalue weighted by atomic mass is 32.1. The highest BCUT2D eigenvalue weighted by Crippen LogP contribution is 2.31. The number of halogens is 2. The van der Waals surface area contributed by atoms with Gasteiger partial charge in [0.05, 0.1) is 11.8 Å². The zero-order valence-corrected chi connectivity index (χ0v) is 17.0. The summed E-state index contributed by atoms with van der Waals surface area (Å²) < 4.78 is 35.6. The quantitative estimate of drug-likeness (QED) is 0.640. The lowest BCUT2D eigenvalue weighted by molar-refractivity contribution is 0.0962. The maximum absolute atomic E-state index is 13.8. The van der Waals surface area contributed by atoms with Crippen molar-refractivity contribution in [1.82, 2.24) is 9.55 Å². The third kappa shape index (κ3) is 3.95. The molecule has 1 aromatic carbocycles. The first-order valence-electron chi connectivity index (χ1n) is 9.43. The molecule has 152 valence electrons. The number of hydrogen-bond donors (Lipinski definition) is 1. The van der Waals surface area contributed by atoms with E-state index < -0.39 is 23.1 Å². The summed E-state index contributed by atoms with van der Waals surface area (Å²) >= 11 is 1.21. The Balaban J connectivity index is 1.54. The van der Waals surface area contributed by atoms with Crippen LogP contribution in [0.1, 0.15) is 34.6 Å². The second-order valence-corrected chi connectivity index (χ2v) is 7.98. The maximum Gasteiger partial charge on any atom is 0.263 e. The van der Waals surface area contributed by atoms with Crippen LogP contribution >= 0.6 is 11.3 Å². The third-order valence-corrected chi connectivity index (χ3v) is 5.93. The van der Waals surface area contributed by atoms with Crippen molar-refractivity contribution in [3.05, 3.63) is 58.2 Å². The molecule has 1 aliphatic heterocycles. The molecular weight excluding hydrogens is 396 g/mol. The van der Waals surface area contributed by atoms with E-state index in [1.165, 1.54) is 17.4 Å². The summed E-state index contributed by atoms with van der Waals surface area (Å²) in [7, 11) is 0. The van der Waals surface area contributed by atoms with Gasteiger partial charge in [0.15, 0.2) is 5.13 Å². The molecule has 1 saturated heterocycles. The number of ether oxygens (including phenoxy) is 1. The van der Waals surface area contributed by atoms with Crippen LogP contribution in [-0.4, -0.2) is 28.2 Å². The largest absolute Gasteiger partial charge is 0.376 e. The lowest BCUT2D eigenvalue weighted by Crippen LogP contribution is -2.16. The standard InChI is InChI=1S/C21H21F2N3O2S/c1-12-9-15(13(2)26(12)10-14-5-4-8-28-14)18-11-29-21(24-18)25-20(27)19-16(22)6-3-7-17(19)23/h3,6-7,9,11,14H,4-5,8,10H2,1-2H3,(H,24,25,27)/t14-/m1/s1. The molecular formula is C21H21F2N3O2S. The molecule has 29 heavy (non-hydrogen) atoms. The smallest absolute Gasteiger partial charge is 0.263 e. The van der Waals surface area contributed by atoms with Crippen LogP contribution in [-0.2, 0) is 11.3 Å². The van der Waals surface area contributed by atoms with Crippen LogP contribution in [0.15, 0.2) is 29.6 Å². The number of amides is 1. The van der Waals surface area contributed by atoms with Crippen molar-refractivity contribution in [2.45, 2.75) is 39.3 Å². The second-order valence-electron chi connectivity index (χ2n) is 7.12. The average Bonchev–Trinajstić information content (AvgIpc) is 3.40. The van der Waals surface area contributed by atoms with Crippen molar-refractivity contribution in [2.75, 3.05) is 11.9 Å². The predicted molar refractivity (Wildman–Crippen MR) is 108 cm³/mol. The summed E-state index contributed by atoms with van der Waals surface area (Å²) in [5, 5.41) is 4.60. The fourth-order valence-corrected chi connectivity index (χ4v) is 4.37. The zero-order valence-electron chi connectivity index (χ0n) is 16.2. The first-order valence-corrected chi connectivity index (χ1v) is 10.3. The van der Waals surface area contributed by atoms with Crippen molar-refractivity contribution < 1.29 is 18.3 Å². The van der Waals surface area contributed by atoms with Gasteiger partial charge in [0.25, 0.3) is 5.91 Å². The Morgan fingerprint density at radius 2 is 2.10 bits per heavy atom. The highest BCUT2D eigenvalue weighted by Gasteiger charge is 2.21. The number of anilines is 1. The number of carbonyl (C=O) groups excluding carboxylic acids is 1. The van der Waals surface area contributed by atoms with Gasteiger partial charge in [-0.25, -0.2) is 13.8 Å². The highest BCUT2D eigenvalue weighted by molar-refractivity contribution is 7.14. The van der Waals surface area contributed by atoms with Crippen LogP contribution in [0.4, 0.5) is 13.9 Å². The fraction of sp³-hybridized carbons (Fsp3) is 0.333. The molecule has 3 heterocycles. The van der Waals surface area contributed by atoms with E-state index in [9.17, 15) is 13.6 Å². The Kier molecular flexibility index (Phi) is 5.47. The van der Waals surface area contributed by atoms with Gasteiger partial charge in [-0.1, -0.05) is 6.07 Å². The van der Waals surface area contributed by atoms with Gasteiger partial charge < -0.3 is 9.30 Å². The van der Waals surface area contributed by atoms with E-state index in [0.29, 0.717) is 5.69 Å². The number of aromatic nitrogens is 2. The average molecular weight is 417 g/mol. The first-order chi connectivity index (χ1) is 13.9. The van der Waals surface area contributed by atoms with Gasteiger partial charge in [-0.15, -0.1) is 11.3 Å². The van der Waals surface area contributed by atoms with E-state index in [4.69, 9.17) is 4.74 Å². The first kappa shape index (κ1) is 19.7. The summed E-state index contributed by atoms with van der Waals surface area (Å²) in [6.45, 7) is 5.69. The fourth-order valence-electron chi connectivity index (χ4n) is 3.66. The Morgan fingerprint density at radius 3 is 2.79 bits per heavy atom. The SMILES string of the molecule is Cc1cc(-c2csc(NC(=O)c3c(F)cccc3F)n2)c(C)n1C[C@H]1CCCO1. The topological polar surface area (TPSA) is 56.2 Å². The summed E-state index contributed by atoms with van der Waals surface area (Å²) in [5.41, 5.74) is 3.25. The van der Waals surface area contributed by atoms with Gasteiger partial charge in [-0.3, -0.25) is 10.1 Å². The molecule has 0 radical (unpaired) electrons. The molecule has 0 aliphatic carbocycles. The molecule has 1 amide bonds. The molecule has 1 N–H and O–H groups in total. The minimum Gasteiger partial charge on any atom is -0.376 e. The van der Waals surface area contributed by atoms with E-state index in [-0.39, 0.29) is 11.2 Å². The number of nitrogens with one attached hydrogen (secondary N) is 1. The van der Waals surface area contributed by atoms with E-state index in [1.807, 2.05) is 19.2 Å². The summed E-state index contributed by atoms with van der Waals surface area (Å²) in [4.78, 5) is 16.7. The van der Waals surface area contributed by atoms with Crippen LogP contribution in [0, 0.1) is 25.5 Å². The number of aryl methyl sites for hydroxylation is 1. The molecule has 1 atom stereocenters. The summed E-state index contributed by atoms with van der Waals surface area (Å²) in [6, 6.07) is 5.37. The molecule has 3 aromatic rings. The van der Waals surface area contributed by atoms with Gasteiger partial charge in [0.2, 0.25) is 0 Å². The van der Waals surface area contributed by atoms with Crippen LogP contribution in [0.25, 0.3) is 11.3 Å². The Labute approximate surface area is 171 Å². The number of thiazole rings is 1. The lowest BCUT2D eigenvalue weighted by Gasteiger charge is -2.14. The lowest BCUT2D eigenvalue weighted by atomic mass is 10.2. The van der Waals surface area contributed by atoms with Gasteiger partial charge in [0, 0.05) is 35.5 Å². The Morgan fingerprint density at radius 1 is 1.34 bits per heavy atom. The molecule has 8 heteroatoms. The molecule has 0 saturated carbocycles. The monoisotopic (exact) mass is 417 g/mol. The summed E-state index contributed by atoms with van der Waals surface area (Å²) in [6.07, 6.45) is 2.38. The van der Waals surface area contributed by atoms with Gasteiger partial charge >= 0.3 is 0 Å². The van der Waals surface area contributed by atoms with Crippen LogP contribution in [0.2, 0.25) is 0 Å². The Hall–Kier alpha value is -2.58. The van der Waals surface area contributed by atoms with Crippen molar-refractivity contribution in [3.8, 4) is 11.3 Å². The third-order valence-electron chi connectivity index (χ3n) is 5.17. The number of rotatable bonds is 5. The zero-order chi connectivity index (χ0) is 20.5. The number of benzene rings is 1. The van der Waals surface area contributed by atoms with Gasteiger partial charge in [-0.2, -0.15) is 0 Å². The minimum atomic E-state index is -0.906. The molecule has 4 rings (SSSR count).